The highest BCUT2D eigenvalue weighted by Crippen LogP contribution is 2.47. The quantitative estimate of drug-likeness (QED) is 0.415. The van der Waals surface area contributed by atoms with Crippen LogP contribution in [0.3, 0.4) is 0 Å². The molecule has 0 N–H and O–H groups in total. The number of hydrogen-bond acceptors (Lipinski definition) is 0. The first-order chi connectivity index (χ1) is 5.56. The van der Waals surface area contributed by atoms with Crippen molar-refractivity contribution in [1.29, 1.82) is 0 Å². The van der Waals surface area contributed by atoms with Gasteiger partial charge >= 0.3 is 0 Å². The van der Waals surface area contributed by atoms with E-state index in [9.17, 15) is 0 Å². The van der Waals surface area contributed by atoms with E-state index in [1.54, 1.807) is 0 Å². The molecule has 0 aliphatic heterocycles. The third-order valence-corrected chi connectivity index (χ3v) is 3.84. The Kier molecular flexibility index (Phi) is 7.14. The standard InChI is InChI=1S/C11H26P/c1-5-6-7-8-9-10-11-12(2,3)4/h5-11H2,1-4H3/q+1. The van der Waals surface area contributed by atoms with Gasteiger partial charge in [0.2, 0.25) is 0 Å². The summed E-state index contributed by atoms with van der Waals surface area (Å²) in [4.78, 5) is 0. The average molecular weight is 189 g/mol. The molecule has 0 rings (SSSR count). The third-order valence-electron chi connectivity index (χ3n) is 2.18. The Hall–Kier alpha value is 0.430. The minimum absolute atomic E-state index is 0.471. The Morgan fingerprint density at radius 2 is 1.25 bits per heavy atom. The highest BCUT2D eigenvalue weighted by Gasteiger charge is 2.15. The third kappa shape index (κ3) is 10.4. The topological polar surface area (TPSA) is 0 Å². The molecule has 74 valence electrons. The molecule has 0 bridgehead atoms. The molecule has 0 fully saturated rings. The van der Waals surface area contributed by atoms with Gasteiger partial charge in [0.05, 0.1) is 6.16 Å². The second kappa shape index (κ2) is 6.89. The van der Waals surface area contributed by atoms with Gasteiger partial charge in [-0.05, 0) is 12.8 Å². The van der Waals surface area contributed by atoms with Crippen LogP contribution in [-0.2, 0) is 0 Å². The Morgan fingerprint density at radius 3 is 1.75 bits per heavy atom. The molecule has 12 heavy (non-hydrogen) atoms. The van der Waals surface area contributed by atoms with E-state index in [2.05, 4.69) is 26.9 Å². The van der Waals surface area contributed by atoms with Crippen molar-refractivity contribution in [1.82, 2.24) is 0 Å². The highest BCUT2D eigenvalue weighted by molar-refractivity contribution is 7.73. The Labute approximate surface area is 79.5 Å². The lowest BCUT2D eigenvalue weighted by Gasteiger charge is -2.10. The largest absolute Gasteiger partial charge is 0.0654 e. The Balaban J connectivity index is 3.01. The first-order valence-corrected chi connectivity index (χ1v) is 8.68. The predicted molar refractivity (Wildman–Crippen MR) is 62.9 cm³/mol. The molecule has 0 amide bonds. The number of hydrogen-bond donors (Lipinski definition) is 0. The van der Waals surface area contributed by atoms with E-state index >= 15 is 0 Å². The molecule has 0 aromatic heterocycles. The molecule has 0 aromatic rings. The van der Waals surface area contributed by atoms with Crippen molar-refractivity contribution >= 4 is 7.26 Å². The molecular formula is C11H26P+. The van der Waals surface area contributed by atoms with Gasteiger partial charge in [0, 0.05) is 27.3 Å². The maximum Gasteiger partial charge on any atom is 0.0586 e. The van der Waals surface area contributed by atoms with Gasteiger partial charge in [0.15, 0.2) is 0 Å². The first-order valence-electron chi connectivity index (χ1n) is 5.36. The fraction of sp³-hybridized carbons (Fsp3) is 1.00. The van der Waals surface area contributed by atoms with Crippen LogP contribution in [0.15, 0.2) is 0 Å². The Morgan fingerprint density at radius 1 is 0.750 bits per heavy atom. The van der Waals surface area contributed by atoms with E-state index in [1.165, 1.54) is 44.7 Å². The van der Waals surface area contributed by atoms with Crippen molar-refractivity contribution in [2.45, 2.75) is 45.4 Å². The van der Waals surface area contributed by atoms with Crippen LogP contribution in [0.25, 0.3) is 0 Å². The molecule has 0 atom stereocenters. The number of rotatable bonds is 7. The second-order valence-corrected chi connectivity index (χ2v) is 9.81. The van der Waals surface area contributed by atoms with Gasteiger partial charge < -0.3 is 0 Å². The van der Waals surface area contributed by atoms with Crippen LogP contribution in [-0.4, -0.2) is 26.2 Å². The second-order valence-electron chi connectivity index (χ2n) is 4.78. The van der Waals surface area contributed by atoms with Crippen LogP contribution in [0.5, 0.6) is 0 Å². The van der Waals surface area contributed by atoms with Crippen LogP contribution in [0, 0.1) is 0 Å². The number of unbranched alkanes of at least 4 members (excludes halogenated alkanes) is 5. The summed E-state index contributed by atoms with van der Waals surface area (Å²) in [5.74, 6) is 0. The van der Waals surface area contributed by atoms with Gasteiger partial charge in [-0.1, -0.05) is 32.6 Å². The zero-order valence-corrected chi connectivity index (χ0v) is 10.3. The van der Waals surface area contributed by atoms with Crippen molar-refractivity contribution in [3.63, 3.8) is 0 Å². The molecule has 0 saturated heterocycles. The van der Waals surface area contributed by atoms with Gasteiger partial charge in [0.1, 0.15) is 0 Å². The molecular weight excluding hydrogens is 163 g/mol. The average Bonchev–Trinajstić information content (AvgIpc) is 1.94. The van der Waals surface area contributed by atoms with Crippen LogP contribution >= 0.6 is 7.26 Å². The van der Waals surface area contributed by atoms with Crippen LogP contribution in [0.2, 0.25) is 0 Å². The summed E-state index contributed by atoms with van der Waals surface area (Å²) in [5, 5.41) is 0. The van der Waals surface area contributed by atoms with Gasteiger partial charge in [-0.25, -0.2) is 0 Å². The summed E-state index contributed by atoms with van der Waals surface area (Å²) >= 11 is 0. The summed E-state index contributed by atoms with van der Waals surface area (Å²) in [6.45, 7) is 9.61. The summed E-state index contributed by atoms with van der Waals surface area (Å²) in [7, 11) is -0.471. The fourth-order valence-corrected chi connectivity index (χ4v) is 2.54. The molecule has 1 heteroatoms. The minimum atomic E-state index is -0.471. The van der Waals surface area contributed by atoms with E-state index in [0.717, 1.165) is 0 Å². The molecule has 0 heterocycles. The molecule has 0 aliphatic rings. The smallest absolute Gasteiger partial charge is 0.0586 e. The van der Waals surface area contributed by atoms with Crippen molar-refractivity contribution in [3.8, 4) is 0 Å². The van der Waals surface area contributed by atoms with Gasteiger partial charge in [-0.3, -0.25) is 0 Å². The van der Waals surface area contributed by atoms with Crippen molar-refractivity contribution in [2.75, 3.05) is 26.2 Å². The van der Waals surface area contributed by atoms with E-state index < -0.39 is 7.26 Å². The van der Waals surface area contributed by atoms with Gasteiger partial charge in [0.25, 0.3) is 0 Å². The summed E-state index contributed by atoms with van der Waals surface area (Å²) < 4.78 is 0. The lowest BCUT2D eigenvalue weighted by molar-refractivity contribution is 0.626. The molecule has 0 aromatic carbocycles. The molecule has 0 unspecified atom stereocenters. The highest BCUT2D eigenvalue weighted by atomic mass is 31.2. The summed E-state index contributed by atoms with van der Waals surface area (Å²) in [6, 6.07) is 0. The molecule has 0 aliphatic carbocycles. The van der Waals surface area contributed by atoms with E-state index in [-0.39, 0.29) is 0 Å². The van der Waals surface area contributed by atoms with Crippen molar-refractivity contribution in [3.05, 3.63) is 0 Å². The first kappa shape index (κ1) is 12.4. The van der Waals surface area contributed by atoms with Gasteiger partial charge in [-0.15, -0.1) is 0 Å². The molecule has 0 saturated carbocycles. The van der Waals surface area contributed by atoms with Crippen LogP contribution in [0.1, 0.15) is 45.4 Å². The van der Waals surface area contributed by atoms with Crippen molar-refractivity contribution in [2.24, 2.45) is 0 Å². The Bertz CT molecular complexity index is 91.7. The monoisotopic (exact) mass is 189 g/mol. The normalized spacial score (nSPS) is 12.0. The molecule has 0 radical (unpaired) electrons. The van der Waals surface area contributed by atoms with Crippen LogP contribution < -0.4 is 0 Å². The van der Waals surface area contributed by atoms with Crippen LogP contribution in [0.4, 0.5) is 0 Å². The zero-order chi connectivity index (χ0) is 9.45. The maximum atomic E-state index is 2.44. The fourth-order valence-electron chi connectivity index (χ4n) is 1.37. The zero-order valence-electron chi connectivity index (χ0n) is 9.40. The predicted octanol–water partition coefficient (Wildman–Crippen LogP) is 4.25. The van der Waals surface area contributed by atoms with E-state index in [4.69, 9.17) is 0 Å². The maximum absolute atomic E-state index is 2.44. The minimum Gasteiger partial charge on any atom is -0.0654 e. The lowest BCUT2D eigenvalue weighted by atomic mass is 10.1. The SMILES string of the molecule is CCCCCCCC[P+](C)(C)C. The van der Waals surface area contributed by atoms with Gasteiger partial charge in [-0.2, -0.15) is 0 Å². The molecule has 0 nitrogen and oxygen atoms in total. The van der Waals surface area contributed by atoms with E-state index in [1.807, 2.05) is 0 Å². The van der Waals surface area contributed by atoms with Crippen molar-refractivity contribution < 1.29 is 0 Å². The summed E-state index contributed by atoms with van der Waals surface area (Å²) in [6.07, 6.45) is 10.2. The lowest BCUT2D eigenvalue weighted by Crippen LogP contribution is -1.92. The molecule has 0 spiro atoms. The summed E-state index contributed by atoms with van der Waals surface area (Å²) in [5.41, 5.74) is 0. The van der Waals surface area contributed by atoms with E-state index in [0.29, 0.717) is 0 Å².